The lowest BCUT2D eigenvalue weighted by Gasteiger charge is -2.16. The summed E-state index contributed by atoms with van der Waals surface area (Å²) >= 11 is 0. The molecule has 0 atom stereocenters. The second kappa shape index (κ2) is 9.80. The Morgan fingerprint density at radius 1 is 1.10 bits per heavy atom. The molecule has 1 aromatic carbocycles. The molecule has 0 heterocycles. The molecule has 0 aliphatic heterocycles. The molecule has 1 aromatic rings. The fourth-order valence-corrected chi connectivity index (χ4v) is 2.78. The summed E-state index contributed by atoms with van der Waals surface area (Å²) in [7, 11) is 0. The van der Waals surface area contributed by atoms with Gasteiger partial charge in [-0.25, -0.2) is 0 Å². The van der Waals surface area contributed by atoms with E-state index in [0.29, 0.717) is 12.6 Å². The van der Waals surface area contributed by atoms with Crippen LogP contribution in [0.15, 0.2) is 24.3 Å². The van der Waals surface area contributed by atoms with E-state index in [2.05, 4.69) is 10.6 Å². The van der Waals surface area contributed by atoms with Gasteiger partial charge in [-0.3, -0.25) is 4.79 Å². The van der Waals surface area contributed by atoms with Gasteiger partial charge < -0.3 is 10.6 Å². The van der Waals surface area contributed by atoms with Gasteiger partial charge in [0.1, 0.15) is 0 Å². The number of hydrogen-bond donors (Lipinski definition) is 2. The predicted molar refractivity (Wildman–Crippen MR) is 90.0 cm³/mol. The van der Waals surface area contributed by atoms with Crippen molar-refractivity contribution in [1.82, 2.24) is 10.6 Å². The first-order valence-corrected chi connectivity index (χ1v) is 7.90. The number of hydrogen-bond acceptors (Lipinski definition) is 2. The maximum atomic E-state index is 11.7. The molecule has 1 saturated carbocycles. The summed E-state index contributed by atoms with van der Waals surface area (Å²) in [6.45, 7) is 3.51. The SMILES string of the molecule is CCNC(=O)c1ccc(CNC2CCCCCC2)cc1.Cl. The van der Waals surface area contributed by atoms with Gasteiger partial charge in [-0.05, 0) is 37.5 Å². The molecule has 4 heteroatoms. The van der Waals surface area contributed by atoms with Gasteiger partial charge >= 0.3 is 0 Å². The number of nitrogens with one attached hydrogen (secondary N) is 2. The van der Waals surface area contributed by atoms with Crippen molar-refractivity contribution in [2.24, 2.45) is 0 Å². The molecule has 0 aromatic heterocycles. The predicted octanol–water partition coefficient (Wildman–Crippen LogP) is 3.67. The molecule has 21 heavy (non-hydrogen) atoms. The summed E-state index contributed by atoms with van der Waals surface area (Å²) in [6, 6.07) is 8.59. The van der Waals surface area contributed by atoms with E-state index in [1.54, 1.807) is 0 Å². The maximum absolute atomic E-state index is 11.7. The quantitative estimate of drug-likeness (QED) is 0.815. The molecule has 0 bridgehead atoms. The highest BCUT2D eigenvalue weighted by molar-refractivity contribution is 5.94. The zero-order chi connectivity index (χ0) is 14.2. The normalized spacial score (nSPS) is 15.9. The van der Waals surface area contributed by atoms with Crippen molar-refractivity contribution < 1.29 is 4.79 Å². The Bertz CT molecular complexity index is 411. The zero-order valence-corrected chi connectivity index (χ0v) is 13.7. The van der Waals surface area contributed by atoms with E-state index in [9.17, 15) is 4.79 Å². The fourth-order valence-electron chi connectivity index (χ4n) is 2.78. The van der Waals surface area contributed by atoms with Crippen molar-refractivity contribution in [3.8, 4) is 0 Å². The highest BCUT2D eigenvalue weighted by atomic mass is 35.5. The van der Waals surface area contributed by atoms with Crippen LogP contribution < -0.4 is 10.6 Å². The van der Waals surface area contributed by atoms with E-state index in [-0.39, 0.29) is 18.3 Å². The molecule has 1 amide bonds. The van der Waals surface area contributed by atoms with Crippen molar-refractivity contribution >= 4 is 18.3 Å². The van der Waals surface area contributed by atoms with Crippen molar-refractivity contribution in [1.29, 1.82) is 0 Å². The van der Waals surface area contributed by atoms with Gasteiger partial charge in [0.05, 0.1) is 0 Å². The van der Waals surface area contributed by atoms with Crippen LogP contribution in [0, 0.1) is 0 Å². The molecule has 2 N–H and O–H groups in total. The van der Waals surface area contributed by atoms with E-state index < -0.39 is 0 Å². The van der Waals surface area contributed by atoms with Gasteiger partial charge in [0, 0.05) is 24.7 Å². The first kappa shape index (κ1) is 18.0. The maximum Gasteiger partial charge on any atom is 0.251 e. The van der Waals surface area contributed by atoms with Crippen LogP contribution in [0.4, 0.5) is 0 Å². The van der Waals surface area contributed by atoms with Crippen LogP contribution in [0.5, 0.6) is 0 Å². The lowest BCUT2D eigenvalue weighted by molar-refractivity contribution is 0.0956. The van der Waals surface area contributed by atoms with Crippen molar-refractivity contribution in [3.63, 3.8) is 0 Å². The Balaban J connectivity index is 0.00000220. The molecule has 0 spiro atoms. The molecular weight excluding hydrogens is 284 g/mol. The van der Waals surface area contributed by atoms with E-state index in [1.807, 2.05) is 31.2 Å². The molecule has 0 radical (unpaired) electrons. The lowest BCUT2D eigenvalue weighted by atomic mass is 10.1. The fraction of sp³-hybridized carbons (Fsp3) is 0.588. The molecule has 0 unspecified atom stereocenters. The topological polar surface area (TPSA) is 41.1 Å². The Morgan fingerprint density at radius 3 is 2.29 bits per heavy atom. The van der Waals surface area contributed by atoms with Crippen molar-refractivity contribution in [2.75, 3.05) is 6.54 Å². The number of carbonyl (C=O) groups is 1. The molecule has 118 valence electrons. The molecule has 1 fully saturated rings. The first-order valence-electron chi connectivity index (χ1n) is 7.90. The minimum absolute atomic E-state index is 0. The zero-order valence-electron chi connectivity index (χ0n) is 12.9. The number of halogens is 1. The van der Waals surface area contributed by atoms with Crippen LogP contribution in [0.25, 0.3) is 0 Å². The van der Waals surface area contributed by atoms with Crippen molar-refractivity contribution in [2.45, 2.75) is 58.0 Å². The molecule has 2 rings (SSSR count). The Labute approximate surface area is 134 Å². The molecule has 0 saturated heterocycles. The molecule has 3 nitrogen and oxygen atoms in total. The first-order chi connectivity index (χ1) is 9.79. The highest BCUT2D eigenvalue weighted by Crippen LogP contribution is 2.17. The van der Waals surface area contributed by atoms with Crippen molar-refractivity contribution in [3.05, 3.63) is 35.4 Å². The average molecular weight is 311 g/mol. The molecule has 1 aliphatic rings. The van der Waals surface area contributed by atoms with Gasteiger partial charge in [0.2, 0.25) is 0 Å². The van der Waals surface area contributed by atoms with Gasteiger partial charge in [-0.2, -0.15) is 0 Å². The van der Waals surface area contributed by atoms with Gasteiger partial charge in [-0.1, -0.05) is 37.8 Å². The van der Waals surface area contributed by atoms with E-state index >= 15 is 0 Å². The largest absolute Gasteiger partial charge is 0.352 e. The summed E-state index contributed by atoms with van der Waals surface area (Å²) in [5.74, 6) is 0.00998. The molecule has 1 aliphatic carbocycles. The number of amides is 1. The van der Waals surface area contributed by atoms with Crippen LogP contribution in [0.2, 0.25) is 0 Å². The van der Waals surface area contributed by atoms with Gasteiger partial charge in [0.25, 0.3) is 5.91 Å². The lowest BCUT2D eigenvalue weighted by Crippen LogP contribution is -2.28. The number of carbonyl (C=O) groups excluding carboxylic acids is 1. The highest BCUT2D eigenvalue weighted by Gasteiger charge is 2.11. The van der Waals surface area contributed by atoms with E-state index in [4.69, 9.17) is 0 Å². The minimum atomic E-state index is 0. The Hall–Kier alpha value is -1.06. The van der Waals surface area contributed by atoms with Crippen LogP contribution in [-0.2, 0) is 6.54 Å². The third kappa shape index (κ3) is 6.06. The van der Waals surface area contributed by atoms with Crippen LogP contribution >= 0.6 is 12.4 Å². The second-order valence-corrected chi connectivity index (χ2v) is 5.63. The summed E-state index contributed by atoms with van der Waals surface area (Å²) in [5, 5.41) is 6.47. The summed E-state index contributed by atoms with van der Waals surface area (Å²) in [5.41, 5.74) is 1.99. The third-order valence-electron chi connectivity index (χ3n) is 4.00. The van der Waals surface area contributed by atoms with Gasteiger partial charge in [-0.15, -0.1) is 12.4 Å². The van der Waals surface area contributed by atoms with Gasteiger partial charge in [0.15, 0.2) is 0 Å². The second-order valence-electron chi connectivity index (χ2n) is 5.63. The average Bonchev–Trinajstić information content (AvgIpc) is 2.74. The third-order valence-corrected chi connectivity index (χ3v) is 4.00. The Kier molecular flexibility index (Phi) is 8.40. The molecular formula is C17H27ClN2O. The van der Waals surface area contributed by atoms with Crippen LogP contribution in [0.3, 0.4) is 0 Å². The van der Waals surface area contributed by atoms with Crippen LogP contribution in [-0.4, -0.2) is 18.5 Å². The number of benzene rings is 1. The Morgan fingerprint density at radius 2 is 1.71 bits per heavy atom. The number of rotatable bonds is 5. The van der Waals surface area contributed by atoms with E-state index in [1.165, 1.54) is 44.1 Å². The van der Waals surface area contributed by atoms with E-state index in [0.717, 1.165) is 12.1 Å². The standard InChI is InChI=1S/C17H26N2O.ClH/c1-2-18-17(20)15-11-9-14(10-12-15)13-19-16-7-5-3-4-6-8-16;/h9-12,16,19H,2-8,13H2,1H3,(H,18,20);1H. The summed E-state index contributed by atoms with van der Waals surface area (Å²) < 4.78 is 0. The minimum Gasteiger partial charge on any atom is -0.352 e. The monoisotopic (exact) mass is 310 g/mol. The smallest absolute Gasteiger partial charge is 0.251 e. The summed E-state index contributed by atoms with van der Waals surface area (Å²) in [6.07, 6.45) is 8.09. The summed E-state index contributed by atoms with van der Waals surface area (Å²) in [4.78, 5) is 11.7. The van der Waals surface area contributed by atoms with Crippen LogP contribution in [0.1, 0.15) is 61.4 Å².